The first-order valence-corrected chi connectivity index (χ1v) is 8.22. The average Bonchev–Trinajstić information content (AvgIpc) is 2.82. The number of carbonyl (C=O) groups is 1. The molecule has 114 valence electrons. The van der Waals surface area contributed by atoms with E-state index in [9.17, 15) is 9.59 Å². The molecule has 1 fully saturated rings. The lowest BCUT2D eigenvalue weighted by Gasteiger charge is -2.33. The van der Waals surface area contributed by atoms with Gasteiger partial charge >= 0.3 is 0 Å². The first kappa shape index (κ1) is 14.6. The molecule has 2 aliphatic rings. The molecule has 7 heteroatoms. The number of nitrogens with zero attached hydrogens (tertiary/aromatic N) is 4. The van der Waals surface area contributed by atoms with Crippen LogP contribution < -0.4 is 5.56 Å². The highest BCUT2D eigenvalue weighted by Crippen LogP contribution is 2.32. The molecule has 1 atom stereocenters. The van der Waals surface area contributed by atoms with Gasteiger partial charge in [-0.05, 0) is 14.0 Å². The Balaban J connectivity index is 1.71. The maximum atomic E-state index is 12.4. The van der Waals surface area contributed by atoms with Crippen molar-refractivity contribution in [3.63, 3.8) is 0 Å². The molecule has 0 unspecified atom stereocenters. The van der Waals surface area contributed by atoms with Crippen LogP contribution in [0.2, 0.25) is 0 Å². The summed E-state index contributed by atoms with van der Waals surface area (Å²) in [5, 5.41) is 0.746. The summed E-state index contributed by atoms with van der Waals surface area (Å²) in [6, 6.07) is 1.49. The Hall–Kier alpha value is -1.34. The van der Waals surface area contributed by atoms with Crippen LogP contribution in [0.5, 0.6) is 0 Å². The number of piperazine rings is 1. The van der Waals surface area contributed by atoms with Crippen molar-refractivity contribution in [2.45, 2.75) is 24.5 Å². The normalized spacial score (nSPS) is 22.4. The van der Waals surface area contributed by atoms with Gasteiger partial charge < -0.3 is 9.80 Å². The van der Waals surface area contributed by atoms with Gasteiger partial charge in [0.05, 0.1) is 6.04 Å². The van der Waals surface area contributed by atoms with Gasteiger partial charge in [0.25, 0.3) is 5.56 Å². The molecule has 0 aromatic carbocycles. The molecule has 0 saturated carbocycles. The lowest BCUT2D eigenvalue weighted by molar-refractivity contribution is -0.133. The highest BCUT2D eigenvalue weighted by atomic mass is 32.2. The molecule has 1 saturated heterocycles. The van der Waals surface area contributed by atoms with Gasteiger partial charge in [-0.15, -0.1) is 0 Å². The van der Waals surface area contributed by atoms with Gasteiger partial charge in [0.15, 0.2) is 5.16 Å². The van der Waals surface area contributed by atoms with Crippen molar-refractivity contribution in [2.24, 2.45) is 0 Å². The SMILES string of the molecule is Cc1cc(=O)n2c(n1)SC[C@H]2CC(=O)N1CCN(C)CC1. The van der Waals surface area contributed by atoms with E-state index in [0.717, 1.165) is 42.8 Å². The van der Waals surface area contributed by atoms with E-state index in [-0.39, 0.29) is 17.5 Å². The molecule has 3 rings (SSSR count). The molecule has 0 bridgehead atoms. The largest absolute Gasteiger partial charge is 0.340 e. The van der Waals surface area contributed by atoms with Crippen molar-refractivity contribution in [1.29, 1.82) is 0 Å². The van der Waals surface area contributed by atoms with E-state index < -0.39 is 0 Å². The molecule has 0 radical (unpaired) electrons. The van der Waals surface area contributed by atoms with Crippen LogP contribution in [-0.4, -0.2) is 64.2 Å². The number of thioether (sulfide) groups is 1. The molecule has 1 amide bonds. The van der Waals surface area contributed by atoms with Crippen molar-refractivity contribution in [3.05, 3.63) is 22.1 Å². The van der Waals surface area contributed by atoms with Crippen LogP contribution in [0.25, 0.3) is 0 Å². The molecule has 1 aromatic rings. The third-order valence-electron chi connectivity index (χ3n) is 4.08. The fraction of sp³-hybridized carbons (Fsp3) is 0.643. The second-order valence-electron chi connectivity index (χ2n) is 5.74. The van der Waals surface area contributed by atoms with E-state index >= 15 is 0 Å². The predicted molar refractivity (Wildman–Crippen MR) is 81.7 cm³/mol. The monoisotopic (exact) mass is 308 g/mol. The molecular weight excluding hydrogens is 288 g/mol. The fourth-order valence-electron chi connectivity index (χ4n) is 2.80. The van der Waals surface area contributed by atoms with Crippen LogP contribution in [0.3, 0.4) is 0 Å². The van der Waals surface area contributed by atoms with Gasteiger partial charge in [-0.2, -0.15) is 0 Å². The molecule has 3 heterocycles. The Morgan fingerprint density at radius 3 is 2.81 bits per heavy atom. The zero-order valence-corrected chi connectivity index (χ0v) is 13.2. The van der Waals surface area contributed by atoms with Crippen LogP contribution in [-0.2, 0) is 4.79 Å². The molecule has 0 N–H and O–H groups in total. The number of amides is 1. The summed E-state index contributed by atoms with van der Waals surface area (Å²) >= 11 is 1.57. The maximum Gasteiger partial charge on any atom is 0.254 e. The molecular formula is C14H20N4O2S. The van der Waals surface area contributed by atoms with Crippen LogP contribution in [0.4, 0.5) is 0 Å². The van der Waals surface area contributed by atoms with E-state index in [4.69, 9.17) is 0 Å². The van der Waals surface area contributed by atoms with E-state index in [1.807, 2.05) is 11.8 Å². The van der Waals surface area contributed by atoms with Crippen molar-refractivity contribution in [2.75, 3.05) is 39.0 Å². The standard InChI is InChI=1S/C14H20N4O2S/c1-10-7-13(20)18-11(9-21-14(18)15-10)8-12(19)17-5-3-16(2)4-6-17/h7,11H,3-6,8-9H2,1-2H3/t11-/m1/s1. The summed E-state index contributed by atoms with van der Waals surface area (Å²) in [6.45, 7) is 5.22. The molecule has 1 aromatic heterocycles. The summed E-state index contributed by atoms with van der Waals surface area (Å²) in [7, 11) is 2.07. The number of likely N-dealkylation sites (N-methyl/N-ethyl adjacent to an activating group) is 1. The Morgan fingerprint density at radius 2 is 2.10 bits per heavy atom. The summed E-state index contributed by atoms with van der Waals surface area (Å²) in [4.78, 5) is 33.1. The minimum atomic E-state index is -0.0576. The maximum absolute atomic E-state index is 12.4. The van der Waals surface area contributed by atoms with Gasteiger partial charge in [0.2, 0.25) is 5.91 Å². The summed E-state index contributed by atoms with van der Waals surface area (Å²) in [6.07, 6.45) is 0.397. The van der Waals surface area contributed by atoms with Gasteiger partial charge in [-0.1, -0.05) is 11.8 Å². The first-order valence-electron chi connectivity index (χ1n) is 7.24. The van der Waals surface area contributed by atoms with Crippen LogP contribution in [0.15, 0.2) is 16.0 Å². The van der Waals surface area contributed by atoms with Gasteiger partial charge in [-0.25, -0.2) is 4.98 Å². The van der Waals surface area contributed by atoms with Crippen LogP contribution in [0, 0.1) is 6.92 Å². The van der Waals surface area contributed by atoms with Gasteiger partial charge in [-0.3, -0.25) is 14.2 Å². The Kier molecular flexibility index (Phi) is 4.03. The highest BCUT2D eigenvalue weighted by Gasteiger charge is 2.29. The molecule has 0 spiro atoms. The lowest BCUT2D eigenvalue weighted by Crippen LogP contribution is -2.47. The highest BCUT2D eigenvalue weighted by molar-refractivity contribution is 7.99. The predicted octanol–water partition coefficient (Wildman–Crippen LogP) is 0.363. The number of fused-ring (bicyclic) bond motifs is 1. The Bertz CT molecular complexity index is 607. The van der Waals surface area contributed by atoms with Crippen molar-refractivity contribution < 1.29 is 4.79 Å². The smallest absolute Gasteiger partial charge is 0.254 e. The number of hydrogen-bond donors (Lipinski definition) is 0. The third-order valence-corrected chi connectivity index (χ3v) is 5.18. The minimum absolute atomic E-state index is 0.0429. The molecule has 2 aliphatic heterocycles. The topological polar surface area (TPSA) is 58.4 Å². The number of hydrogen-bond acceptors (Lipinski definition) is 5. The Morgan fingerprint density at radius 1 is 1.38 bits per heavy atom. The van der Waals surface area contributed by atoms with Crippen LogP contribution >= 0.6 is 11.8 Å². The fourth-order valence-corrected chi connectivity index (χ4v) is 3.99. The molecule has 0 aliphatic carbocycles. The number of rotatable bonds is 2. The average molecular weight is 308 g/mol. The van der Waals surface area contributed by atoms with Crippen molar-refractivity contribution in [1.82, 2.24) is 19.4 Å². The molecule has 21 heavy (non-hydrogen) atoms. The Labute approximate surface area is 128 Å². The van der Waals surface area contributed by atoms with Gasteiger partial charge in [0.1, 0.15) is 0 Å². The third kappa shape index (κ3) is 2.98. The lowest BCUT2D eigenvalue weighted by atomic mass is 10.2. The summed E-state index contributed by atoms with van der Waals surface area (Å²) < 4.78 is 1.69. The van der Waals surface area contributed by atoms with E-state index in [2.05, 4.69) is 16.9 Å². The second-order valence-corrected chi connectivity index (χ2v) is 6.73. The first-order chi connectivity index (χ1) is 10.0. The van der Waals surface area contributed by atoms with E-state index in [0.29, 0.717) is 6.42 Å². The van der Waals surface area contributed by atoms with Gasteiger partial charge in [0, 0.05) is 50.1 Å². The number of aryl methyl sites for hydroxylation is 1. The molecule has 6 nitrogen and oxygen atoms in total. The number of aromatic nitrogens is 2. The quantitative estimate of drug-likeness (QED) is 0.739. The zero-order chi connectivity index (χ0) is 15.0. The summed E-state index contributed by atoms with van der Waals surface area (Å²) in [5.74, 6) is 0.902. The van der Waals surface area contributed by atoms with Crippen molar-refractivity contribution >= 4 is 17.7 Å². The van der Waals surface area contributed by atoms with E-state index in [1.165, 1.54) is 0 Å². The minimum Gasteiger partial charge on any atom is -0.340 e. The zero-order valence-electron chi connectivity index (χ0n) is 12.4. The van der Waals surface area contributed by atoms with Crippen molar-refractivity contribution in [3.8, 4) is 0 Å². The summed E-state index contributed by atoms with van der Waals surface area (Å²) in [5.41, 5.74) is 0.698. The second kappa shape index (κ2) is 5.81. The number of carbonyl (C=O) groups excluding carboxylic acids is 1. The van der Waals surface area contributed by atoms with E-state index in [1.54, 1.807) is 22.4 Å². The van der Waals surface area contributed by atoms with Crippen LogP contribution in [0.1, 0.15) is 18.2 Å².